The Balaban J connectivity index is 1.50. The highest BCUT2D eigenvalue weighted by Crippen LogP contribution is 2.20. The molecule has 0 unspecified atom stereocenters. The number of hydrogen-bond acceptors (Lipinski definition) is 3. The lowest BCUT2D eigenvalue weighted by atomic mass is 10.2. The first-order valence-corrected chi connectivity index (χ1v) is 7.91. The summed E-state index contributed by atoms with van der Waals surface area (Å²) in [5, 5.41) is 4.29. The Labute approximate surface area is 135 Å². The van der Waals surface area contributed by atoms with E-state index < -0.39 is 0 Å². The van der Waals surface area contributed by atoms with Crippen LogP contribution in [-0.4, -0.2) is 46.8 Å². The third-order valence-electron chi connectivity index (χ3n) is 4.15. The average Bonchev–Trinajstić information content (AvgIpc) is 2.99. The molecule has 0 spiro atoms. The number of nitrogens with zero attached hydrogens (tertiary/aromatic N) is 4. The second-order valence-electron chi connectivity index (χ2n) is 5.79. The molecule has 122 valence electrons. The molecule has 2 heterocycles. The number of carbonyl (C=O) groups is 1. The predicted molar refractivity (Wildman–Crippen MR) is 86.8 cm³/mol. The van der Waals surface area contributed by atoms with Gasteiger partial charge in [-0.15, -0.1) is 0 Å². The standard InChI is InChI=1S/C17H21FN4O/c1-14-6-8-22(19-14)9-7-17(23)21-12-10-20(11-13-21)16-5-3-2-4-15(16)18/h2-6,8H,7,9-13H2,1H3. The molecule has 1 saturated heterocycles. The Kier molecular flexibility index (Phi) is 4.60. The molecule has 1 aliphatic heterocycles. The lowest BCUT2D eigenvalue weighted by Gasteiger charge is -2.36. The minimum absolute atomic E-state index is 0.131. The molecule has 1 fully saturated rings. The average molecular weight is 316 g/mol. The van der Waals surface area contributed by atoms with Crippen LogP contribution in [0.3, 0.4) is 0 Å². The highest BCUT2D eigenvalue weighted by molar-refractivity contribution is 5.76. The van der Waals surface area contributed by atoms with E-state index in [9.17, 15) is 9.18 Å². The normalized spacial score (nSPS) is 15.0. The first-order chi connectivity index (χ1) is 11.1. The second-order valence-corrected chi connectivity index (χ2v) is 5.79. The van der Waals surface area contributed by atoms with Crippen molar-refractivity contribution in [1.82, 2.24) is 14.7 Å². The van der Waals surface area contributed by atoms with Gasteiger partial charge < -0.3 is 9.80 Å². The number of piperazine rings is 1. The summed E-state index contributed by atoms with van der Waals surface area (Å²) >= 11 is 0. The van der Waals surface area contributed by atoms with Crippen LogP contribution < -0.4 is 4.90 Å². The van der Waals surface area contributed by atoms with Crippen molar-refractivity contribution >= 4 is 11.6 Å². The van der Waals surface area contributed by atoms with E-state index in [1.54, 1.807) is 16.8 Å². The topological polar surface area (TPSA) is 41.4 Å². The summed E-state index contributed by atoms with van der Waals surface area (Å²) in [4.78, 5) is 16.1. The van der Waals surface area contributed by atoms with Crippen LogP contribution in [0.15, 0.2) is 36.5 Å². The number of aromatic nitrogens is 2. The van der Waals surface area contributed by atoms with Crippen LogP contribution in [0.5, 0.6) is 0 Å². The van der Waals surface area contributed by atoms with Gasteiger partial charge in [0.15, 0.2) is 0 Å². The van der Waals surface area contributed by atoms with Gasteiger partial charge in [-0.05, 0) is 25.1 Å². The van der Waals surface area contributed by atoms with Crippen molar-refractivity contribution in [3.8, 4) is 0 Å². The molecular formula is C17H21FN4O. The van der Waals surface area contributed by atoms with Gasteiger partial charge in [0.05, 0.1) is 11.4 Å². The number of anilines is 1. The smallest absolute Gasteiger partial charge is 0.224 e. The monoisotopic (exact) mass is 316 g/mol. The van der Waals surface area contributed by atoms with Crippen LogP contribution >= 0.6 is 0 Å². The largest absolute Gasteiger partial charge is 0.366 e. The molecule has 0 N–H and O–H groups in total. The van der Waals surface area contributed by atoms with Crippen molar-refractivity contribution in [2.75, 3.05) is 31.1 Å². The molecule has 0 aliphatic carbocycles. The SMILES string of the molecule is Cc1ccn(CCC(=O)N2CCN(c3ccccc3F)CC2)n1. The van der Waals surface area contributed by atoms with Gasteiger partial charge in [-0.25, -0.2) is 4.39 Å². The zero-order valence-electron chi connectivity index (χ0n) is 13.3. The number of benzene rings is 1. The fourth-order valence-corrected chi connectivity index (χ4v) is 2.86. The lowest BCUT2D eigenvalue weighted by Crippen LogP contribution is -2.49. The molecule has 1 aliphatic rings. The van der Waals surface area contributed by atoms with Crippen LogP contribution in [0.1, 0.15) is 12.1 Å². The maximum absolute atomic E-state index is 13.8. The fourth-order valence-electron chi connectivity index (χ4n) is 2.86. The molecule has 0 saturated carbocycles. The van der Waals surface area contributed by atoms with Crippen LogP contribution in [-0.2, 0) is 11.3 Å². The van der Waals surface area contributed by atoms with Gasteiger partial charge in [-0.1, -0.05) is 12.1 Å². The van der Waals surface area contributed by atoms with E-state index in [0.717, 1.165) is 5.69 Å². The minimum atomic E-state index is -0.207. The van der Waals surface area contributed by atoms with Crippen molar-refractivity contribution < 1.29 is 9.18 Å². The molecule has 3 rings (SSSR count). The number of rotatable bonds is 4. The number of amides is 1. The summed E-state index contributed by atoms with van der Waals surface area (Å²) < 4.78 is 15.6. The molecule has 0 radical (unpaired) electrons. The van der Waals surface area contributed by atoms with E-state index in [0.29, 0.717) is 44.8 Å². The van der Waals surface area contributed by atoms with Crippen molar-refractivity contribution in [2.24, 2.45) is 0 Å². The highest BCUT2D eigenvalue weighted by atomic mass is 19.1. The van der Waals surface area contributed by atoms with E-state index in [1.165, 1.54) is 6.07 Å². The zero-order chi connectivity index (χ0) is 16.2. The lowest BCUT2D eigenvalue weighted by molar-refractivity contribution is -0.131. The van der Waals surface area contributed by atoms with Crippen molar-refractivity contribution in [3.05, 3.63) is 48.0 Å². The van der Waals surface area contributed by atoms with Crippen LogP contribution in [0, 0.1) is 12.7 Å². The third-order valence-corrected chi connectivity index (χ3v) is 4.15. The molecular weight excluding hydrogens is 295 g/mol. The number of carbonyl (C=O) groups excluding carboxylic acids is 1. The van der Waals surface area contributed by atoms with Gasteiger partial charge in [0, 0.05) is 45.3 Å². The first-order valence-electron chi connectivity index (χ1n) is 7.91. The van der Waals surface area contributed by atoms with Gasteiger partial charge in [0.2, 0.25) is 5.91 Å². The zero-order valence-corrected chi connectivity index (χ0v) is 13.3. The minimum Gasteiger partial charge on any atom is -0.366 e. The Bertz CT molecular complexity index is 677. The fraction of sp³-hybridized carbons (Fsp3) is 0.412. The van der Waals surface area contributed by atoms with Crippen LogP contribution in [0.25, 0.3) is 0 Å². The molecule has 1 aromatic carbocycles. The maximum atomic E-state index is 13.8. The summed E-state index contributed by atoms with van der Waals surface area (Å²) in [6.45, 7) is 5.11. The number of halogens is 1. The van der Waals surface area contributed by atoms with Gasteiger partial charge in [0.1, 0.15) is 5.82 Å². The second kappa shape index (κ2) is 6.81. The first kappa shape index (κ1) is 15.5. The summed E-state index contributed by atoms with van der Waals surface area (Å²) in [7, 11) is 0. The van der Waals surface area contributed by atoms with Gasteiger partial charge in [-0.2, -0.15) is 5.10 Å². The number of para-hydroxylation sites is 1. The molecule has 0 bridgehead atoms. The van der Waals surface area contributed by atoms with E-state index in [-0.39, 0.29) is 11.7 Å². The molecule has 2 aromatic rings. The number of aryl methyl sites for hydroxylation is 2. The number of hydrogen-bond donors (Lipinski definition) is 0. The van der Waals surface area contributed by atoms with Crippen LogP contribution in [0.4, 0.5) is 10.1 Å². The predicted octanol–water partition coefficient (Wildman–Crippen LogP) is 2.07. The Morgan fingerprint density at radius 3 is 2.57 bits per heavy atom. The van der Waals surface area contributed by atoms with E-state index in [4.69, 9.17) is 0 Å². The summed E-state index contributed by atoms with van der Waals surface area (Å²) in [6.07, 6.45) is 2.33. The molecule has 0 atom stereocenters. The van der Waals surface area contributed by atoms with Gasteiger partial charge in [0.25, 0.3) is 0 Å². The molecule has 1 aromatic heterocycles. The molecule has 5 nitrogen and oxygen atoms in total. The summed E-state index contributed by atoms with van der Waals surface area (Å²) in [6, 6.07) is 8.71. The Hall–Kier alpha value is -2.37. The van der Waals surface area contributed by atoms with Gasteiger partial charge in [-0.3, -0.25) is 9.48 Å². The molecule has 23 heavy (non-hydrogen) atoms. The summed E-state index contributed by atoms with van der Waals surface area (Å²) in [5.41, 5.74) is 1.57. The van der Waals surface area contributed by atoms with Crippen molar-refractivity contribution in [2.45, 2.75) is 19.9 Å². The highest BCUT2D eigenvalue weighted by Gasteiger charge is 2.22. The van der Waals surface area contributed by atoms with Crippen molar-refractivity contribution in [3.63, 3.8) is 0 Å². The van der Waals surface area contributed by atoms with Gasteiger partial charge >= 0.3 is 0 Å². The van der Waals surface area contributed by atoms with E-state index in [1.807, 2.05) is 35.1 Å². The van der Waals surface area contributed by atoms with E-state index >= 15 is 0 Å². The Morgan fingerprint density at radius 2 is 1.91 bits per heavy atom. The van der Waals surface area contributed by atoms with Crippen LogP contribution in [0.2, 0.25) is 0 Å². The van der Waals surface area contributed by atoms with Crippen molar-refractivity contribution in [1.29, 1.82) is 0 Å². The Morgan fingerprint density at radius 1 is 1.17 bits per heavy atom. The third kappa shape index (κ3) is 3.70. The molecule has 1 amide bonds. The van der Waals surface area contributed by atoms with E-state index in [2.05, 4.69) is 5.10 Å². The molecule has 6 heteroatoms. The quantitative estimate of drug-likeness (QED) is 0.867. The maximum Gasteiger partial charge on any atom is 0.224 e. The summed E-state index contributed by atoms with van der Waals surface area (Å²) in [5.74, 6) is -0.0762.